The number of thiazole rings is 1. The van der Waals surface area contributed by atoms with Crippen molar-refractivity contribution in [3.8, 4) is 17.0 Å². The van der Waals surface area contributed by atoms with Crippen LogP contribution in [0.25, 0.3) is 11.1 Å². The molecule has 0 bridgehead atoms. The number of benzene rings is 1. The van der Waals surface area contributed by atoms with Crippen LogP contribution in [0.4, 0.5) is 4.79 Å². The summed E-state index contributed by atoms with van der Waals surface area (Å²) >= 11 is 0.740. The summed E-state index contributed by atoms with van der Waals surface area (Å²) in [5.74, 6) is -0.301. The molecule has 0 saturated carbocycles. The lowest BCUT2D eigenvalue weighted by Gasteiger charge is -2.17. The molecule has 0 aliphatic carbocycles. The summed E-state index contributed by atoms with van der Waals surface area (Å²) in [6, 6.07) is 8.02. The van der Waals surface area contributed by atoms with E-state index >= 15 is 0 Å². The highest BCUT2D eigenvalue weighted by molar-refractivity contribution is 7.94. The summed E-state index contributed by atoms with van der Waals surface area (Å²) < 4.78 is 24.7. The molecule has 0 radical (unpaired) electrons. The molecule has 3 rings (SSSR count). The van der Waals surface area contributed by atoms with Crippen LogP contribution in [0.2, 0.25) is 0 Å². The maximum atomic E-state index is 13.7. The van der Waals surface area contributed by atoms with E-state index in [1.807, 2.05) is 32.0 Å². The molecule has 3 amide bonds. The first-order chi connectivity index (χ1) is 17.4. The van der Waals surface area contributed by atoms with E-state index in [9.17, 15) is 24.0 Å². The number of aromatic nitrogens is 2. The second-order valence-electron chi connectivity index (χ2n) is 8.69. The lowest BCUT2D eigenvalue weighted by Crippen LogP contribution is -2.35. The lowest BCUT2D eigenvalue weighted by molar-refractivity contribution is -0.117. The van der Waals surface area contributed by atoms with Crippen LogP contribution in [-0.4, -0.2) is 50.0 Å². The number of nitrogens with two attached hydrogens (primary N) is 1. The van der Waals surface area contributed by atoms with Crippen LogP contribution >= 0.6 is 11.3 Å². The van der Waals surface area contributed by atoms with Crippen molar-refractivity contribution in [3.05, 3.63) is 58.9 Å². The Morgan fingerprint density at radius 2 is 2.03 bits per heavy atom. The van der Waals surface area contributed by atoms with E-state index in [4.69, 9.17) is 10.5 Å². The summed E-state index contributed by atoms with van der Waals surface area (Å²) in [4.78, 5) is 33.0. The Balaban J connectivity index is 2.10. The van der Waals surface area contributed by atoms with Crippen molar-refractivity contribution in [2.24, 2.45) is 10.1 Å². The first-order valence-corrected chi connectivity index (χ1v) is 13.5. The molecule has 2 unspecified atom stereocenters. The molecule has 0 fully saturated rings. The van der Waals surface area contributed by atoms with E-state index in [1.54, 1.807) is 18.3 Å². The van der Waals surface area contributed by atoms with E-state index in [0.29, 0.717) is 11.4 Å². The van der Waals surface area contributed by atoms with Gasteiger partial charge in [-0.25, -0.2) is 23.7 Å². The molecular weight excluding hydrogens is 518 g/mol. The molecule has 13 heteroatoms. The average molecular weight is 548 g/mol. The molecule has 2 atom stereocenters. The number of methoxy groups -OCH3 is 1. The predicted molar refractivity (Wildman–Crippen MR) is 139 cm³/mol. The van der Waals surface area contributed by atoms with Crippen molar-refractivity contribution >= 4 is 33.2 Å². The van der Waals surface area contributed by atoms with Crippen LogP contribution in [-0.2, 0) is 26.7 Å². The van der Waals surface area contributed by atoms with Gasteiger partial charge in [-0.3, -0.25) is 4.79 Å². The van der Waals surface area contributed by atoms with Crippen LogP contribution < -0.4 is 15.2 Å². The molecular formula is C24H29N5O6S2. The lowest BCUT2D eigenvalue weighted by atomic mass is 9.88. The summed E-state index contributed by atoms with van der Waals surface area (Å²) in [6.45, 7) is 4.65. The van der Waals surface area contributed by atoms with Crippen molar-refractivity contribution < 1.29 is 28.7 Å². The molecule has 0 aliphatic heterocycles. The smallest absolute Gasteiger partial charge is 0.324 e. The molecule has 0 spiro atoms. The van der Waals surface area contributed by atoms with Gasteiger partial charge in [0.25, 0.3) is 5.91 Å². The monoisotopic (exact) mass is 547 g/mol. The number of aliphatic hydroxyl groups is 2. The number of primary amides is 1. The number of pyridine rings is 1. The van der Waals surface area contributed by atoms with Gasteiger partial charge in [-0.1, -0.05) is 32.0 Å². The van der Waals surface area contributed by atoms with Gasteiger partial charge in [0.2, 0.25) is 5.88 Å². The highest BCUT2D eigenvalue weighted by Crippen LogP contribution is 2.33. The topological polar surface area (TPSA) is 177 Å². The molecule has 1 aromatic carbocycles. The van der Waals surface area contributed by atoms with E-state index in [1.165, 1.54) is 14.0 Å². The van der Waals surface area contributed by atoms with Crippen molar-refractivity contribution in [3.63, 3.8) is 0 Å². The van der Waals surface area contributed by atoms with Crippen LogP contribution in [0.1, 0.15) is 42.8 Å². The van der Waals surface area contributed by atoms with E-state index in [-0.39, 0.29) is 21.6 Å². The molecule has 198 valence electrons. The summed E-state index contributed by atoms with van der Waals surface area (Å²) in [5, 5.41) is 19.7. The second kappa shape index (κ2) is 11.3. The number of nitrogens with one attached hydrogen (secondary N) is 1. The second-order valence-corrected chi connectivity index (χ2v) is 11.9. The van der Waals surface area contributed by atoms with Crippen molar-refractivity contribution in [1.82, 2.24) is 14.7 Å². The number of aliphatic hydroxyl groups excluding tert-OH is 1. The molecule has 0 aliphatic rings. The van der Waals surface area contributed by atoms with Gasteiger partial charge >= 0.3 is 6.03 Å². The first kappa shape index (κ1) is 28.2. The number of carbonyl (C=O) groups excluding carboxylic acids is 2. The number of ether oxygens (including phenoxy) is 1. The molecule has 2 aromatic heterocycles. The Morgan fingerprint density at radius 1 is 1.30 bits per heavy atom. The largest absolute Gasteiger partial charge is 0.481 e. The minimum absolute atomic E-state index is 0.0331. The Morgan fingerprint density at radius 3 is 2.65 bits per heavy atom. The third kappa shape index (κ3) is 6.49. The van der Waals surface area contributed by atoms with Gasteiger partial charge < -0.3 is 20.7 Å². The SMILES string of the molecule is COc1cc(-c2cccc(C(C)C)c2CC(=O)N=S(=O)(NC(N)=O)c2cnc(C(C)(O)CO)s2)ccn1. The summed E-state index contributed by atoms with van der Waals surface area (Å²) in [6.07, 6.45) is 2.50. The van der Waals surface area contributed by atoms with Gasteiger partial charge in [0, 0.05) is 12.3 Å². The van der Waals surface area contributed by atoms with E-state index < -0.39 is 34.1 Å². The number of amides is 3. The van der Waals surface area contributed by atoms with Crippen molar-refractivity contribution in [2.45, 2.75) is 42.9 Å². The fourth-order valence-electron chi connectivity index (χ4n) is 3.59. The third-order valence-electron chi connectivity index (χ3n) is 5.41. The number of urea groups is 1. The fourth-order valence-corrected chi connectivity index (χ4v) is 6.25. The van der Waals surface area contributed by atoms with Crippen LogP contribution in [0, 0.1) is 0 Å². The summed E-state index contributed by atoms with van der Waals surface area (Å²) in [5.41, 5.74) is 6.61. The molecule has 0 saturated heterocycles. The molecule has 11 nitrogen and oxygen atoms in total. The highest BCUT2D eigenvalue weighted by atomic mass is 32.2. The standard InChI is InChI=1S/C24H29N5O6S2/c1-14(2)16-6-5-7-17(15-8-9-26-20(10-15)35-4)18(16)11-19(31)28-37(34,29-23(25)32)21-12-27-22(36-21)24(3,33)13-30/h5-10,12,14,30,33H,11,13H2,1-4H3,(H3,25,28,29,31,32,34). The molecule has 2 heterocycles. The summed E-state index contributed by atoms with van der Waals surface area (Å²) in [7, 11) is -2.36. The Labute approximate surface area is 219 Å². The maximum absolute atomic E-state index is 13.7. The Bertz CT molecular complexity index is 1430. The van der Waals surface area contributed by atoms with Gasteiger partial charge in [0.15, 0.2) is 9.92 Å². The number of carbonyl (C=O) groups is 2. The van der Waals surface area contributed by atoms with Gasteiger partial charge in [0.1, 0.15) is 14.8 Å². The number of nitrogens with zero attached hydrogens (tertiary/aromatic N) is 3. The van der Waals surface area contributed by atoms with Gasteiger partial charge in [0.05, 0.1) is 26.3 Å². The molecule has 5 N–H and O–H groups in total. The van der Waals surface area contributed by atoms with Crippen LogP contribution in [0.15, 0.2) is 51.3 Å². The van der Waals surface area contributed by atoms with Crippen molar-refractivity contribution in [1.29, 1.82) is 0 Å². The van der Waals surface area contributed by atoms with Gasteiger partial charge in [-0.15, -0.1) is 15.7 Å². The molecule has 3 aromatic rings. The normalized spacial score (nSPS) is 14.5. The van der Waals surface area contributed by atoms with Gasteiger partial charge in [-0.2, -0.15) is 0 Å². The average Bonchev–Trinajstić information content (AvgIpc) is 3.36. The van der Waals surface area contributed by atoms with Gasteiger partial charge in [-0.05, 0) is 41.2 Å². The minimum atomic E-state index is -3.87. The zero-order valence-electron chi connectivity index (χ0n) is 20.8. The van der Waals surface area contributed by atoms with Crippen molar-refractivity contribution in [2.75, 3.05) is 13.7 Å². The number of rotatable bonds is 9. The zero-order chi connectivity index (χ0) is 27.4. The zero-order valence-corrected chi connectivity index (χ0v) is 22.4. The predicted octanol–water partition coefficient (Wildman–Crippen LogP) is 2.72. The fraction of sp³-hybridized carbons (Fsp3) is 0.333. The number of hydrogen-bond acceptors (Lipinski definition) is 9. The molecule has 37 heavy (non-hydrogen) atoms. The van der Waals surface area contributed by atoms with Crippen LogP contribution in [0.3, 0.4) is 0 Å². The number of hydrogen-bond donors (Lipinski definition) is 4. The highest BCUT2D eigenvalue weighted by Gasteiger charge is 2.29. The van der Waals surface area contributed by atoms with Crippen LogP contribution in [0.5, 0.6) is 5.88 Å². The minimum Gasteiger partial charge on any atom is -0.481 e. The maximum Gasteiger partial charge on any atom is 0.324 e. The van der Waals surface area contributed by atoms with E-state index in [2.05, 4.69) is 19.1 Å². The third-order valence-corrected chi connectivity index (χ3v) is 8.97. The Hall–Kier alpha value is -3.39. The Kier molecular flexibility index (Phi) is 8.64. The quantitative estimate of drug-likeness (QED) is 0.316. The van der Waals surface area contributed by atoms with E-state index in [0.717, 1.165) is 34.2 Å². The first-order valence-electron chi connectivity index (χ1n) is 11.2.